The van der Waals surface area contributed by atoms with Crippen LogP contribution in [0.15, 0.2) is 42.5 Å². The summed E-state index contributed by atoms with van der Waals surface area (Å²) in [7, 11) is 0. The number of carbonyl (C=O) groups excluding carboxylic acids is 2. The summed E-state index contributed by atoms with van der Waals surface area (Å²) in [6.45, 7) is 6.73. The first kappa shape index (κ1) is 23.7. The summed E-state index contributed by atoms with van der Waals surface area (Å²) in [5.74, 6) is -0.0275. The Hall–Kier alpha value is -2.44. The van der Waals surface area contributed by atoms with E-state index < -0.39 is 23.5 Å². The van der Waals surface area contributed by atoms with Crippen molar-refractivity contribution >= 4 is 22.6 Å². The van der Waals surface area contributed by atoms with Crippen molar-refractivity contribution in [2.45, 2.75) is 76.7 Å². The van der Waals surface area contributed by atoms with E-state index in [0.717, 1.165) is 35.6 Å². The zero-order valence-electron chi connectivity index (χ0n) is 20.0. The maximum Gasteiger partial charge on any atom is 0.410 e. The van der Waals surface area contributed by atoms with Gasteiger partial charge in [0.15, 0.2) is 5.78 Å². The summed E-state index contributed by atoms with van der Waals surface area (Å²) in [6.07, 6.45) is 4.30. The van der Waals surface area contributed by atoms with Crippen molar-refractivity contribution < 1.29 is 19.4 Å². The Morgan fingerprint density at radius 1 is 1.03 bits per heavy atom. The van der Waals surface area contributed by atoms with Gasteiger partial charge in [0, 0.05) is 26.1 Å². The number of ketones is 1. The van der Waals surface area contributed by atoms with Gasteiger partial charge in [-0.2, -0.15) is 0 Å². The average molecular weight is 453 g/mol. The van der Waals surface area contributed by atoms with Crippen molar-refractivity contribution in [2.75, 3.05) is 19.6 Å². The van der Waals surface area contributed by atoms with Crippen molar-refractivity contribution in [1.29, 1.82) is 0 Å². The molecule has 1 unspecified atom stereocenters. The molecule has 4 rings (SSSR count). The van der Waals surface area contributed by atoms with Crippen LogP contribution in [0.2, 0.25) is 0 Å². The van der Waals surface area contributed by atoms with Gasteiger partial charge in [-0.25, -0.2) is 4.79 Å². The van der Waals surface area contributed by atoms with E-state index in [1.165, 1.54) is 0 Å². The highest BCUT2D eigenvalue weighted by molar-refractivity contribution is 5.91. The van der Waals surface area contributed by atoms with Crippen molar-refractivity contribution in [2.24, 2.45) is 0 Å². The first-order chi connectivity index (χ1) is 15.6. The number of ether oxygens (including phenoxy) is 1. The Kier molecular flexibility index (Phi) is 6.78. The zero-order chi connectivity index (χ0) is 23.6. The smallest absolute Gasteiger partial charge is 0.410 e. The van der Waals surface area contributed by atoms with Gasteiger partial charge >= 0.3 is 6.09 Å². The van der Waals surface area contributed by atoms with Crippen LogP contribution >= 0.6 is 0 Å². The number of benzene rings is 2. The van der Waals surface area contributed by atoms with Crippen LogP contribution in [0.5, 0.6) is 0 Å². The van der Waals surface area contributed by atoms with E-state index in [1.807, 2.05) is 62.1 Å². The number of carbonyl (C=O) groups is 2. The Morgan fingerprint density at radius 3 is 2.42 bits per heavy atom. The molecule has 6 heteroatoms. The van der Waals surface area contributed by atoms with Crippen LogP contribution < -0.4 is 0 Å². The minimum absolute atomic E-state index is 0.0275. The SMILES string of the molecule is CC(C)(C)OC(=O)N1CCN(C2(O)CCCCC2)CC1C(=O)Cc1ccc2ccccc2c1. The van der Waals surface area contributed by atoms with Gasteiger partial charge < -0.3 is 9.84 Å². The Balaban J connectivity index is 1.56. The molecule has 2 aromatic carbocycles. The Bertz CT molecular complexity index is 1010. The number of aliphatic hydroxyl groups is 1. The van der Waals surface area contributed by atoms with Gasteiger partial charge in [-0.15, -0.1) is 0 Å². The summed E-state index contributed by atoms with van der Waals surface area (Å²) in [5, 5.41) is 13.5. The standard InChI is InChI=1S/C27H36N2O4/c1-26(2,3)33-25(31)29-16-15-28(27(32)13-7-4-8-14-27)19-23(29)24(30)18-20-11-12-21-9-5-6-10-22(21)17-20/h5-6,9-12,17,23,32H,4,7-8,13-16,18-19H2,1-3H3. The molecule has 1 saturated heterocycles. The van der Waals surface area contributed by atoms with Crippen LogP contribution in [0.3, 0.4) is 0 Å². The molecular weight excluding hydrogens is 416 g/mol. The van der Waals surface area contributed by atoms with Crippen molar-refractivity contribution in [3.05, 3.63) is 48.0 Å². The van der Waals surface area contributed by atoms with Crippen molar-refractivity contribution in [1.82, 2.24) is 9.80 Å². The summed E-state index contributed by atoms with van der Waals surface area (Å²) < 4.78 is 5.63. The summed E-state index contributed by atoms with van der Waals surface area (Å²) >= 11 is 0. The number of nitrogens with zero attached hydrogens (tertiary/aromatic N) is 2. The lowest BCUT2D eigenvalue weighted by Gasteiger charge is -2.49. The zero-order valence-corrected chi connectivity index (χ0v) is 20.0. The summed E-state index contributed by atoms with van der Waals surface area (Å²) in [6, 6.07) is 13.5. The number of fused-ring (bicyclic) bond motifs is 1. The fraction of sp³-hybridized carbons (Fsp3) is 0.556. The quantitative estimate of drug-likeness (QED) is 0.738. The third-order valence-electron chi connectivity index (χ3n) is 6.82. The molecule has 1 atom stereocenters. The van der Waals surface area contributed by atoms with E-state index in [-0.39, 0.29) is 12.2 Å². The second-order valence-electron chi connectivity index (χ2n) is 10.5. The van der Waals surface area contributed by atoms with Gasteiger partial charge in [0.05, 0.1) is 0 Å². The molecule has 0 radical (unpaired) electrons. The van der Waals surface area contributed by atoms with Crippen LogP contribution in [0.4, 0.5) is 4.79 Å². The summed E-state index contributed by atoms with van der Waals surface area (Å²) in [5.41, 5.74) is -0.599. The average Bonchev–Trinajstić information content (AvgIpc) is 2.78. The van der Waals surface area contributed by atoms with E-state index in [4.69, 9.17) is 4.74 Å². The van der Waals surface area contributed by atoms with Gasteiger partial charge in [-0.1, -0.05) is 48.9 Å². The fourth-order valence-electron chi connectivity index (χ4n) is 5.08. The molecule has 1 amide bonds. The van der Waals surface area contributed by atoms with Crippen LogP contribution in [0, 0.1) is 0 Å². The Morgan fingerprint density at radius 2 is 1.73 bits per heavy atom. The van der Waals surface area contributed by atoms with Gasteiger partial charge in [-0.3, -0.25) is 14.6 Å². The Labute approximate surface area is 196 Å². The molecule has 2 aromatic rings. The number of rotatable bonds is 4. The molecule has 178 valence electrons. The molecule has 1 saturated carbocycles. The number of amides is 1. The first-order valence-electron chi connectivity index (χ1n) is 12.1. The molecule has 0 aromatic heterocycles. The largest absolute Gasteiger partial charge is 0.444 e. The molecule has 2 aliphatic rings. The molecule has 6 nitrogen and oxygen atoms in total. The molecule has 1 heterocycles. The van der Waals surface area contributed by atoms with Crippen molar-refractivity contribution in [3.8, 4) is 0 Å². The van der Waals surface area contributed by atoms with Gasteiger partial charge in [-0.05, 0) is 62.8 Å². The fourth-order valence-corrected chi connectivity index (χ4v) is 5.08. The molecule has 1 N–H and O–H groups in total. The number of Topliss-reactive ketones (excluding diaryl/α,β-unsaturated/α-hetero) is 1. The molecule has 0 spiro atoms. The minimum Gasteiger partial charge on any atom is -0.444 e. The highest BCUT2D eigenvalue weighted by Gasteiger charge is 2.44. The lowest BCUT2D eigenvalue weighted by molar-refractivity contribution is -0.157. The van der Waals surface area contributed by atoms with Crippen molar-refractivity contribution in [3.63, 3.8) is 0 Å². The molecule has 0 bridgehead atoms. The maximum atomic E-state index is 13.6. The third-order valence-corrected chi connectivity index (χ3v) is 6.82. The summed E-state index contributed by atoms with van der Waals surface area (Å²) in [4.78, 5) is 30.1. The van der Waals surface area contributed by atoms with E-state index in [0.29, 0.717) is 32.5 Å². The lowest BCUT2D eigenvalue weighted by Crippen LogP contribution is -2.64. The van der Waals surface area contributed by atoms with E-state index in [9.17, 15) is 14.7 Å². The maximum absolute atomic E-state index is 13.6. The number of hydrogen-bond acceptors (Lipinski definition) is 5. The van der Waals surface area contributed by atoms with E-state index in [1.54, 1.807) is 4.90 Å². The van der Waals surface area contributed by atoms with Gasteiger partial charge in [0.2, 0.25) is 0 Å². The highest BCUT2D eigenvalue weighted by atomic mass is 16.6. The van der Waals surface area contributed by atoms with E-state index >= 15 is 0 Å². The monoisotopic (exact) mass is 452 g/mol. The number of hydrogen-bond donors (Lipinski definition) is 1. The van der Waals surface area contributed by atoms with Crippen LogP contribution in [-0.4, -0.2) is 63.8 Å². The molecule has 33 heavy (non-hydrogen) atoms. The lowest BCUT2D eigenvalue weighted by atomic mass is 9.88. The molecule has 2 fully saturated rings. The van der Waals surface area contributed by atoms with E-state index in [2.05, 4.69) is 6.07 Å². The predicted octanol–water partition coefficient (Wildman–Crippen LogP) is 4.53. The predicted molar refractivity (Wildman–Crippen MR) is 129 cm³/mol. The first-order valence-corrected chi connectivity index (χ1v) is 12.1. The van der Waals surface area contributed by atoms with Crippen LogP contribution in [0.25, 0.3) is 10.8 Å². The normalized spacial score (nSPS) is 21.7. The second kappa shape index (κ2) is 9.43. The van der Waals surface area contributed by atoms with Gasteiger partial charge in [0.25, 0.3) is 0 Å². The van der Waals surface area contributed by atoms with Crippen LogP contribution in [-0.2, 0) is 16.0 Å². The minimum atomic E-state index is -0.889. The topological polar surface area (TPSA) is 70.1 Å². The second-order valence-corrected chi connectivity index (χ2v) is 10.5. The third kappa shape index (κ3) is 5.56. The highest BCUT2D eigenvalue weighted by Crippen LogP contribution is 2.33. The number of piperazine rings is 1. The van der Waals surface area contributed by atoms with Gasteiger partial charge in [0.1, 0.15) is 17.4 Å². The molecule has 1 aliphatic heterocycles. The molecule has 1 aliphatic carbocycles. The van der Waals surface area contributed by atoms with Crippen LogP contribution in [0.1, 0.15) is 58.4 Å². The molecular formula is C27H36N2O4.